The fourth-order valence-corrected chi connectivity index (χ4v) is 1.85. The minimum absolute atomic E-state index is 0.539. The maximum absolute atomic E-state index is 5.46. The van der Waals surface area contributed by atoms with Gasteiger partial charge in [0.1, 0.15) is 0 Å². The van der Waals surface area contributed by atoms with Crippen molar-refractivity contribution in [2.24, 2.45) is 0 Å². The van der Waals surface area contributed by atoms with Crippen LogP contribution >= 0.6 is 0 Å². The van der Waals surface area contributed by atoms with E-state index in [0.29, 0.717) is 6.04 Å². The van der Waals surface area contributed by atoms with E-state index in [1.807, 2.05) is 0 Å². The van der Waals surface area contributed by atoms with Crippen molar-refractivity contribution in [2.75, 3.05) is 6.61 Å². The van der Waals surface area contributed by atoms with Gasteiger partial charge in [0.25, 0.3) is 0 Å². The molecule has 0 saturated carbocycles. The number of rotatable bonds is 3. The van der Waals surface area contributed by atoms with Crippen molar-refractivity contribution >= 4 is 0 Å². The van der Waals surface area contributed by atoms with Gasteiger partial charge < -0.3 is 10.1 Å². The number of hydrogen-bond donors (Lipinski definition) is 1. The average Bonchev–Trinajstić information content (AvgIpc) is 2.26. The molecule has 2 rings (SSSR count). The Kier molecular flexibility index (Phi) is 3.39. The third kappa shape index (κ3) is 2.80. The van der Waals surface area contributed by atoms with Crippen LogP contribution in [0.5, 0.6) is 0 Å². The highest BCUT2D eigenvalue weighted by atomic mass is 16.5. The van der Waals surface area contributed by atoms with Crippen molar-refractivity contribution in [3.63, 3.8) is 0 Å². The van der Waals surface area contributed by atoms with Crippen LogP contribution in [0.25, 0.3) is 0 Å². The Morgan fingerprint density at radius 1 is 1.33 bits per heavy atom. The highest BCUT2D eigenvalue weighted by Gasteiger charge is 2.09. The summed E-state index contributed by atoms with van der Waals surface area (Å²) in [4.78, 5) is 0. The SMILES string of the molecule is CC(C)NCc1ccc2c(c1)COCC2. The quantitative estimate of drug-likeness (QED) is 0.817. The summed E-state index contributed by atoms with van der Waals surface area (Å²) >= 11 is 0. The van der Waals surface area contributed by atoms with Gasteiger partial charge in [-0.3, -0.25) is 0 Å². The number of nitrogens with one attached hydrogen (secondary N) is 1. The molecule has 15 heavy (non-hydrogen) atoms. The van der Waals surface area contributed by atoms with E-state index >= 15 is 0 Å². The standard InChI is InChI=1S/C13H19NO/c1-10(2)14-8-11-3-4-12-5-6-15-9-13(12)7-11/h3-4,7,10,14H,5-6,8-9H2,1-2H3. The third-order valence-corrected chi connectivity index (χ3v) is 2.76. The van der Waals surface area contributed by atoms with E-state index in [4.69, 9.17) is 4.74 Å². The summed E-state index contributed by atoms with van der Waals surface area (Å²) in [5.74, 6) is 0. The van der Waals surface area contributed by atoms with Gasteiger partial charge in [0.15, 0.2) is 0 Å². The molecule has 0 aromatic heterocycles. The van der Waals surface area contributed by atoms with Crippen molar-refractivity contribution in [3.8, 4) is 0 Å². The molecule has 1 N–H and O–H groups in total. The summed E-state index contributed by atoms with van der Waals surface area (Å²) in [6.45, 7) is 6.94. The van der Waals surface area contributed by atoms with Crippen LogP contribution in [0.1, 0.15) is 30.5 Å². The van der Waals surface area contributed by atoms with Gasteiger partial charge >= 0.3 is 0 Å². The number of benzene rings is 1. The molecule has 0 unspecified atom stereocenters. The fraction of sp³-hybridized carbons (Fsp3) is 0.538. The van der Waals surface area contributed by atoms with E-state index in [1.54, 1.807) is 0 Å². The van der Waals surface area contributed by atoms with Crippen molar-refractivity contribution < 1.29 is 4.74 Å². The van der Waals surface area contributed by atoms with Crippen LogP contribution in [-0.2, 0) is 24.3 Å². The molecule has 0 saturated heterocycles. The van der Waals surface area contributed by atoms with E-state index in [2.05, 4.69) is 37.4 Å². The maximum atomic E-state index is 5.46. The Labute approximate surface area is 91.6 Å². The Balaban J connectivity index is 2.07. The zero-order chi connectivity index (χ0) is 10.7. The average molecular weight is 205 g/mol. The Morgan fingerprint density at radius 2 is 2.20 bits per heavy atom. The highest BCUT2D eigenvalue weighted by molar-refractivity contribution is 5.32. The minimum atomic E-state index is 0.539. The molecule has 0 spiro atoms. The Morgan fingerprint density at radius 3 is 3.00 bits per heavy atom. The van der Waals surface area contributed by atoms with E-state index in [1.165, 1.54) is 16.7 Å². The summed E-state index contributed by atoms with van der Waals surface area (Å²) in [6, 6.07) is 7.27. The van der Waals surface area contributed by atoms with Crippen LogP contribution in [0.15, 0.2) is 18.2 Å². The smallest absolute Gasteiger partial charge is 0.0719 e. The third-order valence-electron chi connectivity index (χ3n) is 2.76. The number of hydrogen-bond acceptors (Lipinski definition) is 2. The number of ether oxygens (including phenoxy) is 1. The summed E-state index contributed by atoms with van der Waals surface area (Å²) in [6.07, 6.45) is 1.06. The highest BCUT2D eigenvalue weighted by Crippen LogP contribution is 2.18. The van der Waals surface area contributed by atoms with E-state index < -0.39 is 0 Å². The topological polar surface area (TPSA) is 21.3 Å². The lowest BCUT2D eigenvalue weighted by atomic mass is 10.0. The monoisotopic (exact) mass is 205 g/mol. The molecule has 0 atom stereocenters. The fourth-order valence-electron chi connectivity index (χ4n) is 1.85. The second-order valence-electron chi connectivity index (χ2n) is 4.44. The molecule has 0 radical (unpaired) electrons. The van der Waals surface area contributed by atoms with Gasteiger partial charge in [0.2, 0.25) is 0 Å². The van der Waals surface area contributed by atoms with Crippen molar-refractivity contribution in [3.05, 3.63) is 34.9 Å². The second-order valence-corrected chi connectivity index (χ2v) is 4.44. The van der Waals surface area contributed by atoms with Crippen LogP contribution in [-0.4, -0.2) is 12.6 Å². The van der Waals surface area contributed by atoms with E-state index in [0.717, 1.165) is 26.2 Å². The predicted molar refractivity (Wildman–Crippen MR) is 61.8 cm³/mol. The Bertz CT molecular complexity index is 333. The van der Waals surface area contributed by atoms with Gasteiger partial charge in [-0.15, -0.1) is 0 Å². The van der Waals surface area contributed by atoms with E-state index in [9.17, 15) is 0 Å². The van der Waals surface area contributed by atoms with E-state index in [-0.39, 0.29) is 0 Å². The number of fused-ring (bicyclic) bond motifs is 1. The maximum Gasteiger partial charge on any atom is 0.0719 e. The van der Waals surface area contributed by atoms with Gasteiger partial charge in [-0.05, 0) is 23.1 Å². The van der Waals surface area contributed by atoms with Crippen LogP contribution in [0.4, 0.5) is 0 Å². The van der Waals surface area contributed by atoms with Gasteiger partial charge in [0, 0.05) is 12.6 Å². The molecule has 0 amide bonds. The zero-order valence-electron chi connectivity index (χ0n) is 9.55. The largest absolute Gasteiger partial charge is 0.376 e. The van der Waals surface area contributed by atoms with Gasteiger partial charge in [-0.1, -0.05) is 32.0 Å². The van der Waals surface area contributed by atoms with Gasteiger partial charge in [0.05, 0.1) is 13.2 Å². The van der Waals surface area contributed by atoms with Gasteiger partial charge in [-0.25, -0.2) is 0 Å². The van der Waals surface area contributed by atoms with Gasteiger partial charge in [-0.2, -0.15) is 0 Å². The normalized spacial score (nSPS) is 15.4. The molecule has 1 aliphatic rings. The van der Waals surface area contributed by atoms with Crippen LogP contribution in [0.2, 0.25) is 0 Å². The summed E-state index contributed by atoms with van der Waals surface area (Å²) in [5, 5.41) is 3.43. The molecule has 2 heteroatoms. The second kappa shape index (κ2) is 4.77. The first kappa shape index (κ1) is 10.7. The summed E-state index contributed by atoms with van der Waals surface area (Å²) in [7, 11) is 0. The molecule has 0 fully saturated rings. The molecule has 2 nitrogen and oxygen atoms in total. The van der Waals surface area contributed by atoms with Crippen LogP contribution in [0, 0.1) is 0 Å². The summed E-state index contributed by atoms with van der Waals surface area (Å²) < 4.78 is 5.46. The predicted octanol–water partition coefficient (Wildman–Crippen LogP) is 2.26. The first-order chi connectivity index (χ1) is 7.25. The van der Waals surface area contributed by atoms with Crippen molar-refractivity contribution in [1.29, 1.82) is 0 Å². The lowest BCUT2D eigenvalue weighted by Crippen LogP contribution is -2.22. The lowest BCUT2D eigenvalue weighted by Gasteiger charge is -2.17. The molecule has 1 aromatic rings. The molecule has 82 valence electrons. The molecule has 1 heterocycles. The molecular formula is C13H19NO. The molecule has 1 aromatic carbocycles. The molecule has 0 aliphatic carbocycles. The first-order valence-corrected chi connectivity index (χ1v) is 5.67. The Hall–Kier alpha value is -0.860. The van der Waals surface area contributed by atoms with Crippen LogP contribution in [0.3, 0.4) is 0 Å². The first-order valence-electron chi connectivity index (χ1n) is 5.67. The summed E-state index contributed by atoms with van der Waals surface area (Å²) in [5.41, 5.74) is 4.17. The molecular weight excluding hydrogens is 186 g/mol. The van der Waals surface area contributed by atoms with Crippen LogP contribution < -0.4 is 5.32 Å². The van der Waals surface area contributed by atoms with Crippen molar-refractivity contribution in [1.82, 2.24) is 5.32 Å². The van der Waals surface area contributed by atoms with Crippen molar-refractivity contribution in [2.45, 2.75) is 39.5 Å². The molecule has 0 bridgehead atoms. The lowest BCUT2D eigenvalue weighted by molar-refractivity contribution is 0.110. The zero-order valence-corrected chi connectivity index (χ0v) is 9.55. The minimum Gasteiger partial charge on any atom is -0.376 e. The molecule has 1 aliphatic heterocycles.